The summed E-state index contributed by atoms with van der Waals surface area (Å²) in [6.45, 7) is 1.38. The van der Waals surface area contributed by atoms with Crippen LogP contribution in [0.1, 0.15) is 17.5 Å². The fraction of sp³-hybridized carbons (Fsp3) is 0.167. The molecule has 0 radical (unpaired) electrons. The Hall–Kier alpha value is -2.68. The van der Waals surface area contributed by atoms with E-state index in [0.717, 1.165) is 16.9 Å². The quantitative estimate of drug-likeness (QED) is 0.620. The molecule has 0 aliphatic rings. The first-order valence-corrected chi connectivity index (χ1v) is 6.77. The number of aromatic nitrogens is 3. The van der Waals surface area contributed by atoms with Crippen molar-refractivity contribution in [2.75, 3.05) is 5.32 Å². The maximum Gasteiger partial charge on any atom is 0.247 e. The smallest absolute Gasteiger partial charge is 0.247 e. The highest BCUT2D eigenvalue weighted by molar-refractivity contribution is 7.15. The molecule has 0 spiro atoms. The van der Waals surface area contributed by atoms with Crippen molar-refractivity contribution in [1.29, 1.82) is 0 Å². The minimum absolute atomic E-state index is 0.0466. The van der Waals surface area contributed by atoms with Crippen molar-refractivity contribution in [1.82, 2.24) is 20.6 Å². The second kappa shape index (κ2) is 7.20. The standard InChI is InChI=1S/C12H12N6O2S/c1-8(19)15-12-18-17-11(21-12)6-10(20)16-14-7-9-2-4-13-5-3-9/h2-5,7H,6H2,1H3,(H,16,20)(H,15,18,19)/b14-7-. The molecule has 21 heavy (non-hydrogen) atoms. The summed E-state index contributed by atoms with van der Waals surface area (Å²) in [5.74, 6) is -0.546. The third-order valence-electron chi connectivity index (χ3n) is 2.17. The Morgan fingerprint density at radius 1 is 1.33 bits per heavy atom. The highest BCUT2D eigenvalue weighted by Crippen LogP contribution is 2.15. The third kappa shape index (κ3) is 5.07. The van der Waals surface area contributed by atoms with E-state index >= 15 is 0 Å². The number of carbonyl (C=O) groups is 2. The van der Waals surface area contributed by atoms with Gasteiger partial charge in [0.15, 0.2) is 0 Å². The molecule has 0 saturated heterocycles. The first-order chi connectivity index (χ1) is 10.1. The lowest BCUT2D eigenvalue weighted by Crippen LogP contribution is -2.19. The molecule has 2 rings (SSSR count). The van der Waals surface area contributed by atoms with Crippen LogP contribution >= 0.6 is 11.3 Å². The van der Waals surface area contributed by atoms with E-state index in [1.54, 1.807) is 24.5 Å². The summed E-state index contributed by atoms with van der Waals surface area (Å²) in [7, 11) is 0. The van der Waals surface area contributed by atoms with E-state index in [-0.39, 0.29) is 18.2 Å². The summed E-state index contributed by atoms with van der Waals surface area (Å²) in [5.41, 5.74) is 3.22. The normalized spacial score (nSPS) is 10.5. The maximum atomic E-state index is 11.6. The Morgan fingerprint density at radius 3 is 2.81 bits per heavy atom. The SMILES string of the molecule is CC(=O)Nc1nnc(CC(=O)N/N=C\c2ccncc2)s1. The van der Waals surface area contributed by atoms with Crippen molar-refractivity contribution in [3.8, 4) is 0 Å². The molecule has 108 valence electrons. The monoisotopic (exact) mass is 304 g/mol. The largest absolute Gasteiger partial charge is 0.301 e. The summed E-state index contributed by atoms with van der Waals surface area (Å²) in [6, 6.07) is 3.53. The summed E-state index contributed by atoms with van der Waals surface area (Å²) < 4.78 is 0. The summed E-state index contributed by atoms with van der Waals surface area (Å²) in [5, 5.41) is 14.7. The number of hydrogen-bond donors (Lipinski definition) is 2. The van der Waals surface area contributed by atoms with Gasteiger partial charge in [-0.25, -0.2) is 5.43 Å². The van der Waals surface area contributed by atoms with Crippen molar-refractivity contribution in [3.63, 3.8) is 0 Å². The lowest BCUT2D eigenvalue weighted by molar-refractivity contribution is -0.120. The Balaban J connectivity index is 1.83. The van der Waals surface area contributed by atoms with E-state index in [2.05, 4.69) is 31.0 Å². The van der Waals surface area contributed by atoms with Crippen molar-refractivity contribution in [2.24, 2.45) is 5.10 Å². The number of rotatable bonds is 5. The number of hydrazone groups is 1. The van der Waals surface area contributed by atoms with Crippen molar-refractivity contribution in [2.45, 2.75) is 13.3 Å². The van der Waals surface area contributed by atoms with E-state index in [4.69, 9.17) is 0 Å². The summed E-state index contributed by atoms with van der Waals surface area (Å²) >= 11 is 1.14. The van der Waals surface area contributed by atoms with E-state index in [9.17, 15) is 9.59 Å². The van der Waals surface area contributed by atoms with Gasteiger partial charge in [0.1, 0.15) is 5.01 Å². The Labute approximate surface area is 124 Å². The zero-order valence-corrected chi connectivity index (χ0v) is 11.9. The Morgan fingerprint density at radius 2 is 2.10 bits per heavy atom. The number of carbonyl (C=O) groups excluding carboxylic acids is 2. The molecule has 0 unspecified atom stereocenters. The van der Waals surface area contributed by atoms with Crippen LogP contribution in [0, 0.1) is 0 Å². The molecule has 2 heterocycles. The van der Waals surface area contributed by atoms with Crippen LogP contribution < -0.4 is 10.7 Å². The molecule has 2 amide bonds. The van der Waals surface area contributed by atoms with Gasteiger partial charge in [0.05, 0.1) is 12.6 Å². The Kier molecular flexibility index (Phi) is 5.04. The molecule has 9 heteroatoms. The fourth-order valence-electron chi connectivity index (χ4n) is 1.33. The maximum absolute atomic E-state index is 11.6. The Bertz CT molecular complexity index is 655. The van der Waals surface area contributed by atoms with Crippen LogP contribution in [0.2, 0.25) is 0 Å². The van der Waals surface area contributed by atoms with Gasteiger partial charge in [-0.15, -0.1) is 10.2 Å². The number of hydrogen-bond acceptors (Lipinski definition) is 7. The van der Waals surface area contributed by atoms with Crippen molar-refractivity contribution in [3.05, 3.63) is 35.1 Å². The lowest BCUT2D eigenvalue weighted by atomic mass is 10.3. The van der Waals surface area contributed by atoms with Gasteiger partial charge in [-0.05, 0) is 17.7 Å². The molecule has 2 N–H and O–H groups in total. The second-order valence-corrected chi connectivity index (χ2v) is 4.99. The van der Waals surface area contributed by atoms with Gasteiger partial charge in [-0.3, -0.25) is 14.6 Å². The van der Waals surface area contributed by atoms with Gasteiger partial charge in [-0.2, -0.15) is 5.10 Å². The zero-order chi connectivity index (χ0) is 15.1. The molecule has 0 fully saturated rings. The van der Waals surface area contributed by atoms with E-state index in [1.807, 2.05) is 0 Å². The number of anilines is 1. The number of nitrogens with one attached hydrogen (secondary N) is 2. The van der Waals surface area contributed by atoms with Gasteiger partial charge in [0, 0.05) is 19.3 Å². The number of pyridine rings is 1. The predicted molar refractivity (Wildman–Crippen MR) is 77.9 cm³/mol. The fourth-order valence-corrected chi connectivity index (χ4v) is 2.12. The van der Waals surface area contributed by atoms with Gasteiger partial charge in [-0.1, -0.05) is 11.3 Å². The molecule has 0 aliphatic heterocycles. The minimum Gasteiger partial charge on any atom is -0.301 e. The average molecular weight is 304 g/mol. The van der Waals surface area contributed by atoms with Crippen LogP contribution in [0.25, 0.3) is 0 Å². The van der Waals surface area contributed by atoms with Gasteiger partial charge in [0.2, 0.25) is 16.9 Å². The minimum atomic E-state index is -0.314. The molecule has 0 saturated carbocycles. The first-order valence-electron chi connectivity index (χ1n) is 5.95. The van der Waals surface area contributed by atoms with Crippen LogP contribution in [0.15, 0.2) is 29.6 Å². The van der Waals surface area contributed by atoms with E-state index < -0.39 is 0 Å². The van der Waals surface area contributed by atoms with Gasteiger partial charge >= 0.3 is 0 Å². The molecule has 2 aromatic rings. The molecular formula is C12H12N6O2S. The molecule has 0 bridgehead atoms. The number of amides is 2. The molecule has 2 aromatic heterocycles. The molecule has 0 aliphatic carbocycles. The van der Waals surface area contributed by atoms with Crippen molar-refractivity contribution < 1.29 is 9.59 Å². The third-order valence-corrected chi connectivity index (χ3v) is 3.01. The average Bonchev–Trinajstić information content (AvgIpc) is 2.86. The highest BCUT2D eigenvalue weighted by Gasteiger charge is 2.09. The van der Waals surface area contributed by atoms with E-state index in [1.165, 1.54) is 13.1 Å². The molecule has 0 aromatic carbocycles. The highest BCUT2D eigenvalue weighted by atomic mass is 32.1. The zero-order valence-electron chi connectivity index (χ0n) is 11.1. The van der Waals surface area contributed by atoms with Crippen molar-refractivity contribution >= 4 is 34.5 Å². The molecular weight excluding hydrogens is 292 g/mol. The van der Waals surface area contributed by atoms with Gasteiger partial charge in [0.25, 0.3) is 0 Å². The first kappa shape index (κ1) is 14.7. The lowest BCUT2D eigenvalue weighted by Gasteiger charge is -1.96. The number of nitrogens with zero attached hydrogens (tertiary/aromatic N) is 4. The predicted octanol–water partition coefficient (Wildman–Crippen LogP) is 0.584. The van der Waals surface area contributed by atoms with Crippen LogP contribution in [0.5, 0.6) is 0 Å². The molecule has 8 nitrogen and oxygen atoms in total. The summed E-state index contributed by atoms with van der Waals surface area (Å²) in [6.07, 6.45) is 4.83. The van der Waals surface area contributed by atoms with Crippen LogP contribution in [0.3, 0.4) is 0 Å². The topological polar surface area (TPSA) is 109 Å². The van der Waals surface area contributed by atoms with E-state index in [0.29, 0.717) is 10.1 Å². The van der Waals surface area contributed by atoms with Crippen LogP contribution in [0.4, 0.5) is 5.13 Å². The second-order valence-electron chi connectivity index (χ2n) is 3.93. The summed E-state index contributed by atoms with van der Waals surface area (Å²) in [4.78, 5) is 26.4. The van der Waals surface area contributed by atoms with Gasteiger partial charge < -0.3 is 5.32 Å². The molecule has 0 atom stereocenters. The van der Waals surface area contributed by atoms with Crippen LogP contribution in [-0.2, 0) is 16.0 Å². The van der Waals surface area contributed by atoms with Crippen LogP contribution in [-0.4, -0.2) is 33.2 Å².